The van der Waals surface area contributed by atoms with Gasteiger partial charge in [-0.3, -0.25) is 9.80 Å². The number of anilines is 1. The monoisotopic (exact) mass is 446 g/mol. The Labute approximate surface area is 196 Å². The number of hydrogen-bond donors (Lipinski definition) is 2. The van der Waals surface area contributed by atoms with Crippen molar-refractivity contribution < 1.29 is 4.79 Å². The van der Waals surface area contributed by atoms with Crippen LogP contribution in [0.3, 0.4) is 0 Å². The second-order valence-electron chi connectivity index (χ2n) is 10.1. The summed E-state index contributed by atoms with van der Waals surface area (Å²) in [6, 6.07) is -0.0465. The predicted octanol–water partition coefficient (Wildman–Crippen LogP) is 3.64. The van der Waals surface area contributed by atoms with Crippen molar-refractivity contribution in [3.8, 4) is 0 Å². The number of nitrogens with zero attached hydrogens (tertiary/aromatic N) is 4. The lowest BCUT2D eigenvalue weighted by atomic mass is 9.65. The summed E-state index contributed by atoms with van der Waals surface area (Å²) in [5, 5.41) is 6.60. The van der Waals surface area contributed by atoms with E-state index in [9.17, 15) is 4.79 Å². The quantitative estimate of drug-likeness (QED) is 0.739. The van der Waals surface area contributed by atoms with Crippen LogP contribution < -0.4 is 15.5 Å². The average Bonchev–Trinajstić information content (AvgIpc) is 3.16. The van der Waals surface area contributed by atoms with E-state index in [2.05, 4.69) is 64.7 Å². The second-order valence-corrected chi connectivity index (χ2v) is 10.1. The Hall–Kier alpha value is -2.93. The molecule has 7 nitrogen and oxygen atoms in total. The van der Waals surface area contributed by atoms with Crippen LogP contribution in [0.1, 0.15) is 44.9 Å². The van der Waals surface area contributed by atoms with Crippen LogP contribution in [0.25, 0.3) is 5.70 Å². The maximum atomic E-state index is 13.0. The number of allylic oxidation sites excluding steroid dienone is 5. The first-order valence-corrected chi connectivity index (χ1v) is 12.0. The van der Waals surface area contributed by atoms with Gasteiger partial charge in [-0.15, -0.1) is 0 Å². The number of likely N-dealkylation sites (N-methyl/N-ethyl adjacent to an activating group) is 1. The molecule has 2 aliphatic carbocycles. The van der Waals surface area contributed by atoms with Gasteiger partial charge in [0.1, 0.15) is 0 Å². The zero-order valence-electron chi connectivity index (χ0n) is 19.8. The summed E-state index contributed by atoms with van der Waals surface area (Å²) in [7, 11) is 4.41. The number of amides is 2. The zero-order chi connectivity index (χ0) is 23.1. The van der Waals surface area contributed by atoms with Crippen LogP contribution in [0, 0.1) is 5.92 Å². The molecule has 174 valence electrons. The van der Waals surface area contributed by atoms with Crippen molar-refractivity contribution in [3.05, 3.63) is 60.2 Å². The smallest absolute Gasteiger partial charge is 0.322 e. The fourth-order valence-corrected chi connectivity index (χ4v) is 5.91. The molecular weight excluding hydrogens is 412 g/mol. The van der Waals surface area contributed by atoms with Crippen molar-refractivity contribution in [1.82, 2.24) is 25.5 Å². The van der Waals surface area contributed by atoms with Crippen molar-refractivity contribution in [1.29, 1.82) is 0 Å². The number of nitrogens with one attached hydrogen (secondary N) is 2. The summed E-state index contributed by atoms with van der Waals surface area (Å²) in [6.07, 6.45) is 21.5. The van der Waals surface area contributed by atoms with E-state index in [0.29, 0.717) is 18.3 Å². The van der Waals surface area contributed by atoms with Crippen molar-refractivity contribution in [2.45, 2.75) is 50.1 Å². The molecule has 5 rings (SSSR count). The van der Waals surface area contributed by atoms with Gasteiger partial charge >= 0.3 is 6.03 Å². The molecule has 1 atom stereocenters. The Bertz CT molecular complexity index is 1030. The highest BCUT2D eigenvalue weighted by Gasteiger charge is 2.51. The van der Waals surface area contributed by atoms with E-state index in [1.54, 1.807) is 17.3 Å². The van der Waals surface area contributed by atoms with E-state index in [4.69, 9.17) is 0 Å². The Morgan fingerprint density at radius 3 is 2.42 bits per heavy atom. The molecule has 3 heterocycles. The SMILES string of the molecule is CC1CC=CC=C1C1(N(C)C)CCC2(CC1)CN(c1cnc(C3=CC=CCN3)nc1)C(=O)N2. The minimum atomic E-state index is -0.193. The molecule has 1 aromatic rings. The third kappa shape index (κ3) is 3.88. The number of dihydropyridines is 1. The van der Waals surface area contributed by atoms with Crippen LogP contribution in [-0.2, 0) is 0 Å². The first-order chi connectivity index (χ1) is 15.9. The van der Waals surface area contributed by atoms with Crippen LogP contribution in [0.5, 0.6) is 0 Å². The molecule has 1 aromatic heterocycles. The average molecular weight is 447 g/mol. The molecule has 2 N–H and O–H groups in total. The zero-order valence-corrected chi connectivity index (χ0v) is 19.8. The number of carbonyl (C=O) groups excluding carboxylic acids is 1. The molecule has 33 heavy (non-hydrogen) atoms. The number of aromatic nitrogens is 2. The molecule has 2 aliphatic heterocycles. The second kappa shape index (κ2) is 8.45. The molecule has 1 saturated carbocycles. The molecule has 1 unspecified atom stereocenters. The highest BCUT2D eigenvalue weighted by atomic mass is 16.2. The lowest BCUT2D eigenvalue weighted by molar-refractivity contribution is 0.0902. The van der Waals surface area contributed by atoms with Crippen molar-refractivity contribution in [2.24, 2.45) is 5.92 Å². The number of carbonyl (C=O) groups is 1. The summed E-state index contributed by atoms with van der Waals surface area (Å²) in [4.78, 5) is 26.2. The minimum Gasteiger partial charge on any atom is -0.379 e. The maximum Gasteiger partial charge on any atom is 0.322 e. The van der Waals surface area contributed by atoms with Gasteiger partial charge in [0, 0.05) is 12.1 Å². The van der Waals surface area contributed by atoms with Crippen LogP contribution in [-0.4, -0.2) is 59.2 Å². The van der Waals surface area contributed by atoms with Crippen LogP contribution >= 0.6 is 0 Å². The lowest BCUT2D eigenvalue weighted by Gasteiger charge is -2.51. The van der Waals surface area contributed by atoms with E-state index in [1.165, 1.54) is 5.57 Å². The van der Waals surface area contributed by atoms with Gasteiger partial charge < -0.3 is 10.6 Å². The maximum absolute atomic E-state index is 13.0. The lowest BCUT2D eigenvalue weighted by Crippen LogP contribution is -2.57. The van der Waals surface area contributed by atoms with Gasteiger partial charge in [0.2, 0.25) is 0 Å². The summed E-state index contributed by atoms with van der Waals surface area (Å²) in [5.74, 6) is 1.20. The minimum absolute atomic E-state index is 0.0465. The van der Waals surface area contributed by atoms with Gasteiger partial charge in [0.05, 0.1) is 35.9 Å². The third-order valence-corrected chi connectivity index (χ3v) is 7.94. The van der Waals surface area contributed by atoms with Crippen LogP contribution in [0.4, 0.5) is 10.5 Å². The summed E-state index contributed by atoms with van der Waals surface area (Å²) < 4.78 is 0. The Kier molecular flexibility index (Phi) is 5.60. The molecule has 2 amide bonds. The van der Waals surface area contributed by atoms with E-state index in [0.717, 1.165) is 50.0 Å². The Morgan fingerprint density at radius 2 is 1.79 bits per heavy atom. The topological polar surface area (TPSA) is 73.4 Å². The highest BCUT2D eigenvalue weighted by molar-refractivity contribution is 5.95. The summed E-state index contributed by atoms with van der Waals surface area (Å²) >= 11 is 0. The van der Waals surface area contributed by atoms with Crippen LogP contribution in [0.15, 0.2) is 54.4 Å². The van der Waals surface area contributed by atoms with E-state index < -0.39 is 0 Å². The van der Waals surface area contributed by atoms with Gasteiger partial charge in [0.15, 0.2) is 5.82 Å². The molecule has 1 spiro atoms. The Morgan fingerprint density at radius 1 is 1.06 bits per heavy atom. The largest absolute Gasteiger partial charge is 0.379 e. The van der Waals surface area contributed by atoms with Crippen LogP contribution in [0.2, 0.25) is 0 Å². The summed E-state index contributed by atoms with van der Waals surface area (Å²) in [5.41, 5.74) is 3.06. The summed E-state index contributed by atoms with van der Waals surface area (Å²) in [6.45, 7) is 3.77. The highest BCUT2D eigenvalue weighted by Crippen LogP contribution is 2.47. The predicted molar refractivity (Wildman–Crippen MR) is 132 cm³/mol. The van der Waals surface area contributed by atoms with Gasteiger partial charge in [-0.25, -0.2) is 14.8 Å². The fourth-order valence-electron chi connectivity index (χ4n) is 5.91. The van der Waals surface area contributed by atoms with Gasteiger partial charge in [-0.1, -0.05) is 37.3 Å². The number of hydrogen-bond acceptors (Lipinski definition) is 5. The standard InChI is InChI=1S/C26H34N6O/c1-19-8-4-5-9-21(19)26(31(2)3)13-11-25(12-14-26)18-32(24(33)30-25)20-16-28-23(29-17-20)22-10-6-7-15-27-22/h4-7,9-10,16-17,19,27H,8,11-15,18H2,1-3H3,(H,30,33). The first kappa shape index (κ1) is 21.9. The molecule has 4 aliphatic rings. The van der Waals surface area contributed by atoms with Gasteiger partial charge in [-0.2, -0.15) is 0 Å². The van der Waals surface area contributed by atoms with Crippen molar-refractivity contribution >= 4 is 17.4 Å². The van der Waals surface area contributed by atoms with Gasteiger partial charge in [-0.05, 0) is 63.8 Å². The normalized spacial score (nSPS) is 31.5. The molecule has 0 aromatic carbocycles. The Balaban J connectivity index is 1.31. The first-order valence-electron chi connectivity index (χ1n) is 12.0. The van der Waals surface area contributed by atoms with E-state index >= 15 is 0 Å². The molecular formula is C26H34N6O. The van der Waals surface area contributed by atoms with E-state index in [1.807, 2.05) is 18.2 Å². The molecule has 0 bridgehead atoms. The van der Waals surface area contributed by atoms with Gasteiger partial charge in [0.25, 0.3) is 0 Å². The number of urea groups is 1. The molecule has 7 heteroatoms. The molecule has 1 saturated heterocycles. The molecule has 2 fully saturated rings. The molecule has 0 radical (unpaired) electrons. The van der Waals surface area contributed by atoms with Crippen molar-refractivity contribution in [2.75, 3.05) is 32.1 Å². The van der Waals surface area contributed by atoms with Crippen molar-refractivity contribution in [3.63, 3.8) is 0 Å². The third-order valence-electron chi connectivity index (χ3n) is 7.94. The number of rotatable bonds is 4. The van der Waals surface area contributed by atoms with E-state index in [-0.39, 0.29) is 17.1 Å². The fraction of sp³-hybridized carbons (Fsp3) is 0.500.